The van der Waals surface area contributed by atoms with E-state index >= 15 is 0 Å². The molecule has 5 nitrogen and oxygen atoms in total. The molecule has 21 heavy (non-hydrogen) atoms. The molecular formula is C16H10NO4-. The van der Waals surface area contributed by atoms with Crippen molar-refractivity contribution in [3.63, 3.8) is 0 Å². The molecule has 0 aliphatic carbocycles. The van der Waals surface area contributed by atoms with Gasteiger partial charge in [-0.2, -0.15) is 0 Å². The summed E-state index contributed by atoms with van der Waals surface area (Å²) in [6.07, 6.45) is 0. The van der Waals surface area contributed by atoms with Crippen molar-refractivity contribution in [2.24, 2.45) is 0 Å². The number of carboxylic acids is 1. The maximum atomic E-state index is 12.5. The Labute approximate surface area is 120 Å². The number of rotatable bonds is 3. The van der Waals surface area contributed by atoms with Gasteiger partial charge in [-0.25, -0.2) is 0 Å². The van der Waals surface area contributed by atoms with E-state index in [1.165, 1.54) is 4.90 Å². The van der Waals surface area contributed by atoms with Crippen LogP contribution in [-0.4, -0.2) is 17.7 Å². The zero-order valence-electron chi connectivity index (χ0n) is 10.9. The Kier molecular flexibility index (Phi) is 3.02. The number of benzene rings is 2. The van der Waals surface area contributed by atoms with Crippen molar-refractivity contribution in [2.75, 3.05) is 4.90 Å². The fourth-order valence-electron chi connectivity index (χ4n) is 2.53. The van der Waals surface area contributed by atoms with Gasteiger partial charge in [0, 0.05) is 5.69 Å². The van der Waals surface area contributed by atoms with Crippen LogP contribution in [0.25, 0.3) is 0 Å². The van der Waals surface area contributed by atoms with E-state index in [2.05, 4.69) is 0 Å². The summed E-state index contributed by atoms with van der Waals surface area (Å²) in [4.78, 5) is 36.5. The molecule has 1 aliphatic heterocycles. The number of carboxylic acid groups (broad SMARTS) is 1. The third kappa shape index (κ3) is 1.99. The lowest BCUT2D eigenvalue weighted by Crippen LogP contribution is -2.39. The van der Waals surface area contributed by atoms with E-state index in [1.807, 2.05) is 0 Å². The molecule has 0 spiro atoms. The van der Waals surface area contributed by atoms with Crippen LogP contribution in [-0.2, 0) is 14.4 Å². The molecule has 0 aromatic heterocycles. The van der Waals surface area contributed by atoms with Gasteiger partial charge in [0.15, 0.2) is 5.78 Å². The second kappa shape index (κ2) is 4.86. The number of nitrogens with zero attached hydrogens (tertiary/aromatic N) is 1. The summed E-state index contributed by atoms with van der Waals surface area (Å²) in [6, 6.07) is 15.4. The number of fused-ring (bicyclic) bond motifs is 1. The summed E-state index contributed by atoms with van der Waals surface area (Å²) in [5.41, 5.74) is 1.50. The zero-order chi connectivity index (χ0) is 15.0. The third-order valence-electron chi connectivity index (χ3n) is 3.43. The van der Waals surface area contributed by atoms with E-state index in [9.17, 15) is 19.5 Å². The van der Waals surface area contributed by atoms with Gasteiger partial charge in [-0.15, -0.1) is 0 Å². The maximum absolute atomic E-state index is 12.5. The molecule has 3 rings (SSSR count). The first-order valence-corrected chi connectivity index (χ1v) is 6.34. The lowest BCUT2D eigenvalue weighted by molar-refractivity contribution is -0.300. The molecule has 1 amide bonds. The van der Waals surface area contributed by atoms with Crippen molar-refractivity contribution in [3.8, 4) is 0 Å². The minimum Gasteiger partial charge on any atom is -0.542 e. The largest absolute Gasteiger partial charge is 0.542 e. The standard InChI is InChI=1S/C16H11NO4/c18-14(16(20)21)13-11-8-4-5-9-12(11)17(15(13)19)10-6-2-1-3-7-10/h1-9,13H,(H,20,21)/p-1/t13-/m1/s1. The van der Waals surface area contributed by atoms with Gasteiger partial charge in [-0.05, 0) is 23.8 Å². The van der Waals surface area contributed by atoms with E-state index in [0.29, 0.717) is 16.9 Å². The van der Waals surface area contributed by atoms with Gasteiger partial charge in [0.1, 0.15) is 11.9 Å². The number of anilines is 2. The number of para-hydroxylation sites is 2. The number of carbonyl (C=O) groups excluding carboxylic acids is 3. The molecule has 0 fully saturated rings. The first-order chi connectivity index (χ1) is 10.1. The Hall–Kier alpha value is -2.95. The molecular weight excluding hydrogens is 270 g/mol. The fraction of sp³-hybridized carbons (Fsp3) is 0.0625. The number of Topliss-reactive ketones (excluding diaryl/α,β-unsaturated/α-hetero) is 1. The molecule has 0 bridgehead atoms. The van der Waals surface area contributed by atoms with Crippen LogP contribution in [0.4, 0.5) is 11.4 Å². The first-order valence-electron chi connectivity index (χ1n) is 6.34. The highest BCUT2D eigenvalue weighted by Gasteiger charge is 2.42. The highest BCUT2D eigenvalue weighted by molar-refractivity contribution is 6.41. The van der Waals surface area contributed by atoms with Gasteiger partial charge in [-0.1, -0.05) is 36.4 Å². The predicted octanol–water partition coefficient (Wildman–Crippen LogP) is 0.768. The van der Waals surface area contributed by atoms with E-state index in [0.717, 1.165) is 0 Å². The highest BCUT2D eigenvalue weighted by Crippen LogP contribution is 2.41. The van der Waals surface area contributed by atoms with Crippen LogP contribution in [0.2, 0.25) is 0 Å². The summed E-state index contributed by atoms with van der Waals surface area (Å²) in [6.45, 7) is 0. The van der Waals surface area contributed by atoms with Crippen LogP contribution >= 0.6 is 0 Å². The van der Waals surface area contributed by atoms with Crippen molar-refractivity contribution in [1.82, 2.24) is 0 Å². The molecule has 1 aliphatic rings. The zero-order valence-corrected chi connectivity index (χ0v) is 10.9. The van der Waals surface area contributed by atoms with Crippen molar-refractivity contribution in [2.45, 2.75) is 5.92 Å². The molecule has 2 aromatic carbocycles. The average Bonchev–Trinajstić information content (AvgIpc) is 2.79. The Morgan fingerprint density at radius 2 is 1.57 bits per heavy atom. The van der Waals surface area contributed by atoms with Crippen LogP contribution in [0.15, 0.2) is 54.6 Å². The normalized spacial score (nSPS) is 16.7. The molecule has 1 atom stereocenters. The van der Waals surface area contributed by atoms with Crippen molar-refractivity contribution in [1.29, 1.82) is 0 Å². The van der Waals surface area contributed by atoms with Gasteiger partial charge in [0.25, 0.3) is 0 Å². The quantitative estimate of drug-likeness (QED) is 0.614. The molecule has 0 N–H and O–H groups in total. The Balaban J connectivity index is 2.15. The second-order valence-corrected chi connectivity index (χ2v) is 4.65. The molecule has 0 saturated heterocycles. The second-order valence-electron chi connectivity index (χ2n) is 4.65. The SMILES string of the molecule is O=C([O-])C(=O)[C@@H]1C(=O)N(c2ccccc2)c2ccccc21. The molecule has 5 heteroatoms. The van der Waals surface area contributed by atoms with Crippen LogP contribution < -0.4 is 10.0 Å². The number of hydrogen-bond acceptors (Lipinski definition) is 4. The lowest BCUT2D eigenvalue weighted by Gasteiger charge is -2.17. The Morgan fingerprint density at radius 3 is 2.24 bits per heavy atom. The van der Waals surface area contributed by atoms with Crippen molar-refractivity contribution in [3.05, 3.63) is 60.2 Å². The van der Waals surface area contributed by atoms with Gasteiger partial charge in [-0.3, -0.25) is 14.5 Å². The van der Waals surface area contributed by atoms with E-state index in [4.69, 9.17) is 0 Å². The van der Waals surface area contributed by atoms with E-state index in [-0.39, 0.29) is 0 Å². The first kappa shape index (κ1) is 13.1. The van der Waals surface area contributed by atoms with Gasteiger partial charge in [0.05, 0.1) is 5.69 Å². The molecule has 0 saturated carbocycles. The summed E-state index contributed by atoms with van der Waals surface area (Å²) in [7, 11) is 0. The summed E-state index contributed by atoms with van der Waals surface area (Å²) < 4.78 is 0. The summed E-state index contributed by atoms with van der Waals surface area (Å²) in [5, 5.41) is 10.9. The number of amides is 1. The Morgan fingerprint density at radius 1 is 0.952 bits per heavy atom. The van der Waals surface area contributed by atoms with Crippen LogP contribution in [0.3, 0.4) is 0 Å². The van der Waals surface area contributed by atoms with Crippen molar-refractivity contribution >= 4 is 29.0 Å². The van der Waals surface area contributed by atoms with Crippen LogP contribution in [0, 0.1) is 0 Å². The van der Waals surface area contributed by atoms with Crippen molar-refractivity contribution < 1.29 is 19.5 Å². The molecule has 1 heterocycles. The molecule has 0 radical (unpaired) electrons. The van der Waals surface area contributed by atoms with Crippen LogP contribution in [0.5, 0.6) is 0 Å². The van der Waals surface area contributed by atoms with Gasteiger partial charge in [0.2, 0.25) is 5.91 Å². The minimum atomic E-state index is -1.85. The molecule has 104 valence electrons. The minimum absolute atomic E-state index is 0.389. The third-order valence-corrected chi connectivity index (χ3v) is 3.43. The average molecular weight is 280 g/mol. The Bertz CT molecular complexity index is 739. The summed E-state index contributed by atoms with van der Waals surface area (Å²) >= 11 is 0. The van der Waals surface area contributed by atoms with E-state index < -0.39 is 23.6 Å². The highest BCUT2D eigenvalue weighted by atomic mass is 16.4. The van der Waals surface area contributed by atoms with Gasteiger partial charge >= 0.3 is 0 Å². The fourth-order valence-corrected chi connectivity index (χ4v) is 2.53. The lowest BCUT2D eigenvalue weighted by atomic mass is 9.96. The number of ketones is 1. The maximum Gasteiger partial charge on any atom is 0.247 e. The molecule has 2 aromatic rings. The number of hydrogen-bond donors (Lipinski definition) is 0. The van der Waals surface area contributed by atoms with E-state index in [1.54, 1.807) is 54.6 Å². The number of carbonyl (C=O) groups is 3. The number of aliphatic carboxylic acids is 1. The predicted molar refractivity (Wildman–Crippen MR) is 72.8 cm³/mol. The smallest absolute Gasteiger partial charge is 0.247 e. The van der Waals surface area contributed by atoms with Crippen LogP contribution in [0.1, 0.15) is 11.5 Å². The summed E-state index contributed by atoms with van der Waals surface area (Å²) in [5.74, 6) is -4.98. The monoisotopic (exact) mass is 280 g/mol. The molecule has 0 unspecified atom stereocenters. The van der Waals surface area contributed by atoms with Gasteiger partial charge < -0.3 is 9.90 Å². The topological polar surface area (TPSA) is 77.5 Å².